The van der Waals surface area contributed by atoms with Gasteiger partial charge in [-0.25, -0.2) is 4.98 Å². The van der Waals surface area contributed by atoms with Crippen LogP contribution >= 0.6 is 31.9 Å². The molecular weight excluding hydrogens is 386 g/mol. The summed E-state index contributed by atoms with van der Waals surface area (Å²) in [7, 11) is 0. The summed E-state index contributed by atoms with van der Waals surface area (Å²) in [5.41, 5.74) is 8.72. The lowest BCUT2D eigenvalue weighted by Gasteiger charge is -2.10. The molecular formula is C14H13Br2N3O. The number of hydrogen-bond donors (Lipinski definition) is 2. The molecule has 0 saturated heterocycles. The minimum absolute atomic E-state index is 0.232. The highest BCUT2D eigenvalue weighted by atomic mass is 79.9. The van der Waals surface area contributed by atoms with Crippen molar-refractivity contribution in [2.75, 3.05) is 11.1 Å². The van der Waals surface area contributed by atoms with E-state index < -0.39 is 0 Å². The molecule has 0 aliphatic rings. The first-order valence-electron chi connectivity index (χ1n) is 5.87. The number of anilines is 2. The number of carbonyl (C=O) groups is 1. The van der Waals surface area contributed by atoms with Gasteiger partial charge in [0.2, 0.25) is 0 Å². The number of benzene rings is 1. The molecule has 6 heteroatoms. The number of hydrogen-bond acceptors (Lipinski definition) is 3. The smallest absolute Gasteiger partial charge is 0.257 e. The Labute approximate surface area is 134 Å². The molecule has 0 bridgehead atoms. The van der Waals surface area contributed by atoms with Gasteiger partial charge >= 0.3 is 0 Å². The first-order chi connectivity index (χ1) is 9.38. The van der Waals surface area contributed by atoms with Gasteiger partial charge in [0.1, 0.15) is 5.82 Å². The average Bonchev–Trinajstić information content (AvgIpc) is 2.38. The molecule has 104 valence electrons. The van der Waals surface area contributed by atoms with Crippen LogP contribution in [0.25, 0.3) is 0 Å². The molecule has 0 aliphatic carbocycles. The molecule has 0 atom stereocenters. The van der Waals surface area contributed by atoms with Crippen LogP contribution in [0.2, 0.25) is 0 Å². The molecule has 1 aromatic heterocycles. The van der Waals surface area contributed by atoms with Crippen LogP contribution in [0.3, 0.4) is 0 Å². The van der Waals surface area contributed by atoms with Crippen LogP contribution in [0.4, 0.5) is 11.5 Å². The Morgan fingerprint density at radius 1 is 1.25 bits per heavy atom. The summed E-state index contributed by atoms with van der Waals surface area (Å²) < 4.78 is 1.67. The van der Waals surface area contributed by atoms with Gasteiger partial charge in [0.15, 0.2) is 0 Å². The Bertz CT molecular complexity index is 686. The fourth-order valence-corrected chi connectivity index (χ4v) is 2.42. The number of nitrogens with two attached hydrogens (primary N) is 1. The van der Waals surface area contributed by atoms with Crippen molar-refractivity contribution in [3.63, 3.8) is 0 Å². The zero-order valence-corrected chi connectivity index (χ0v) is 14.2. The maximum absolute atomic E-state index is 12.3. The number of nitrogens with zero attached hydrogens (tertiary/aromatic N) is 1. The number of nitrogens with one attached hydrogen (secondary N) is 1. The van der Waals surface area contributed by atoms with Crippen LogP contribution in [0, 0.1) is 13.8 Å². The SMILES string of the molecule is Cc1cc(NC(=O)c2cc(Br)cc(N)c2C)ncc1Br. The summed E-state index contributed by atoms with van der Waals surface area (Å²) >= 11 is 6.71. The van der Waals surface area contributed by atoms with Crippen molar-refractivity contribution in [1.29, 1.82) is 0 Å². The quantitative estimate of drug-likeness (QED) is 0.749. The number of nitrogen functional groups attached to an aromatic ring is 1. The summed E-state index contributed by atoms with van der Waals surface area (Å²) in [6.07, 6.45) is 1.66. The third-order valence-corrected chi connectivity index (χ3v) is 4.23. The molecule has 4 nitrogen and oxygen atoms in total. The zero-order chi connectivity index (χ0) is 14.9. The predicted octanol–water partition coefficient (Wildman–Crippen LogP) is 4.06. The third-order valence-electron chi connectivity index (χ3n) is 2.95. The summed E-state index contributed by atoms with van der Waals surface area (Å²) in [5.74, 6) is 0.276. The van der Waals surface area contributed by atoms with E-state index in [9.17, 15) is 4.79 Å². The normalized spacial score (nSPS) is 10.4. The summed E-state index contributed by atoms with van der Waals surface area (Å²) in [6, 6.07) is 5.32. The summed E-state index contributed by atoms with van der Waals surface area (Å²) in [6.45, 7) is 3.75. The average molecular weight is 399 g/mol. The summed E-state index contributed by atoms with van der Waals surface area (Å²) in [5, 5.41) is 2.77. The largest absolute Gasteiger partial charge is 0.398 e. The monoisotopic (exact) mass is 397 g/mol. The maximum Gasteiger partial charge on any atom is 0.257 e. The minimum Gasteiger partial charge on any atom is -0.398 e. The minimum atomic E-state index is -0.232. The number of pyridine rings is 1. The van der Waals surface area contributed by atoms with Gasteiger partial charge in [-0.3, -0.25) is 4.79 Å². The molecule has 0 radical (unpaired) electrons. The van der Waals surface area contributed by atoms with E-state index in [0.29, 0.717) is 17.1 Å². The highest BCUT2D eigenvalue weighted by Crippen LogP contribution is 2.24. The topological polar surface area (TPSA) is 68.0 Å². The van der Waals surface area contributed by atoms with Gasteiger partial charge in [0, 0.05) is 26.4 Å². The number of aryl methyl sites for hydroxylation is 1. The first kappa shape index (κ1) is 15.0. The van der Waals surface area contributed by atoms with Crippen molar-refractivity contribution >= 4 is 49.3 Å². The van der Waals surface area contributed by atoms with Crippen LogP contribution in [0.5, 0.6) is 0 Å². The highest BCUT2D eigenvalue weighted by Gasteiger charge is 2.13. The van der Waals surface area contributed by atoms with Gasteiger partial charge < -0.3 is 11.1 Å². The van der Waals surface area contributed by atoms with Crippen LogP contribution < -0.4 is 11.1 Å². The lowest BCUT2D eigenvalue weighted by atomic mass is 10.1. The second kappa shape index (κ2) is 5.93. The molecule has 2 rings (SSSR count). The van der Waals surface area contributed by atoms with Gasteiger partial charge in [0.25, 0.3) is 5.91 Å². The van der Waals surface area contributed by atoms with Gasteiger partial charge in [-0.1, -0.05) is 15.9 Å². The number of rotatable bonds is 2. The number of carbonyl (C=O) groups excluding carboxylic acids is 1. The lowest BCUT2D eigenvalue weighted by Crippen LogP contribution is -2.15. The molecule has 3 N–H and O–H groups in total. The number of amides is 1. The molecule has 0 aliphatic heterocycles. The number of aromatic nitrogens is 1. The Morgan fingerprint density at radius 2 is 1.95 bits per heavy atom. The van der Waals surface area contributed by atoms with Gasteiger partial charge in [-0.05, 0) is 59.1 Å². The van der Waals surface area contributed by atoms with E-state index in [2.05, 4.69) is 42.2 Å². The molecule has 0 spiro atoms. The Balaban J connectivity index is 2.30. The van der Waals surface area contributed by atoms with Gasteiger partial charge in [-0.15, -0.1) is 0 Å². The van der Waals surface area contributed by atoms with Crippen molar-refractivity contribution in [1.82, 2.24) is 4.98 Å². The first-order valence-corrected chi connectivity index (χ1v) is 7.46. The highest BCUT2D eigenvalue weighted by molar-refractivity contribution is 9.10. The lowest BCUT2D eigenvalue weighted by molar-refractivity contribution is 0.102. The molecule has 0 unspecified atom stereocenters. The molecule has 2 aromatic rings. The molecule has 0 fully saturated rings. The molecule has 1 aromatic carbocycles. The van der Waals surface area contributed by atoms with Crippen molar-refractivity contribution < 1.29 is 4.79 Å². The Hall–Kier alpha value is -1.40. The van der Waals surface area contributed by atoms with Crippen molar-refractivity contribution in [3.05, 3.63) is 50.0 Å². The maximum atomic E-state index is 12.3. The van der Waals surface area contributed by atoms with Crippen LogP contribution in [-0.4, -0.2) is 10.9 Å². The Morgan fingerprint density at radius 3 is 2.60 bits per heavy atom. The third kappa shape index (κ3) is 3.19. The van der Waals surface area contributed by atoms with E-state index in [1.807, 2.05) is 13.8 Å². The van der Waals surface area contributed by atoms with Crippen molar-refractivity contribution in [2.45, 2.75) is 13.8 Å². The Kier molecular flexibility index (Phi) is 4.45. The van der Waals surface area contributed by atoms with E-state index in [0.717, 1.165) is 20.1 Å². The second-order valence-electron chi connectivity index (χ2n) is 4.44. The molecule has 0 saturated carbocycles. The van der Waals surface area contributed by atoms with Gasteiger partial charge in [-0.2, -0.15) is 0 Å². The van der Waals surface area contributed by atoms with E-state index in [4.69, 9.17) is 5.73 Å². The zero-order valence-electron chi connectivity index (χ0n) is 11.0. The van der Waals surface area contributed by atoms with Crippen LogP contribution in [-0.2, 0) is 0 Å². The van der Waals surface area contributed by atoms with Crippen LogP contribution in [0.1, 0.15) is 21.5 Å². The fraction of sp³-hybridized carbons (Fsp3) is 0.143. The molecule has 1 heterocycles. The van der Waals surface area contributed by atoms with Gasteiger partial charge in [0.05, 0.1) is 0 Å². The van der Waals surface area contributed by atoms with Crippen molar-refractivity contribution in [3.8, 4) is 0 Å². The second-order valence-corrected chi connectivity index (χ2v) is 6.21. The molecule has 1 amide bonds. The van der Waals surface area contributed by atoms with E-state index >= 15 is 0 Å². The number of halogens is 2. The predicted molar refractivity (Wildman–Crippen MR) is 87.9 cm³/mol. The van der Waals surface area contributed by atoms with Crippen molar-refractivity contribution in [2.24, 2.45) is 0 Å². The van der Waals surface area contributed by atoms with Crippen LogP contribution in [0.15, 0.2) is 33.3 Å². The van der Waals surface area contributed by atoms with E-state index in [-0.39, 0.29) is 5.91 Å². The summed E-state index contributed by atoms with van der Waals surface area (Å²) in [4.78, 5) is 16.5. The fourth-order valence-electron chi connectivity index (χ4n) is 1.73. The molecule has 20 heavy (non-hydrogen) atoms. The van der Waals surface area contributed by atoms with E-state index in [1.165, 1.54) is 0 Å². The van der Waals surface area contributed by atoms with E-state index in [1.54, 1.807) is 24.4 Å². The standard InChI is InChI=1S/C14H13Br2N3O/c1-7-3-13(18-6-11(7)16)19-14(20)10-4-9(15)5-12(17)8(10)2/h3-6H,17H2,1-2H3,(H,18,19,20).